The van der Waals surface area contributed by atoms with Gasteiger partial charge in [0.15, 0.2) is 0 Å². The molecule has 21 heavy (non-hydrogen) atoms. The topological polar surface area (TPSA) is 42.7 Å². The second-order valence-corrected chi connectivity index (χ2v) is 5.59. The van der Waals surface area contributed by atoms with Crippen molar-refractivity contribution in [2.75, 3.05) is 6.54 Å². The van der Waals surface area contributed by atoms with Crippen LogP contribution in [-0.2, 0) is 13.0 Å². The van der Waals surface area contributed by atoms with E-state index in [0.29, 0.717) is 0 Å². The molecule has 0 radical (unpaired) electrons. The maximum Gasteiger partial charge on any atom is 0.0759 e. The summed E-state index contributed by atoms with van der Waals surface area (Å²) in [5.41, 5.74) is 2.28. The molecule has 2 rings (SSSR count). The molecule has 0 amide bonds. The summed E-state index contributed by atoms with van der Waals surface area (Å²) in [6, 6.07) is 8.20. The van der Waals surface area contributed by atoms with Crippen molar-refractivity contribution < 1.29 is 0 Å². The lowest BCUT2D eigenvalue weighted by Gasteiger charge is -2.20. The van der Waals surface area contributed by atoms with Gasteiger partial charge in [-0.15, -0.1) is 5.10 Å². The highest BCUT2D eigenvalue weighted by Gasteiger charge is 2.18. The molecule has 0 bridgehead atoms. The number of hydrogen-bond donors (Lipinski definition) is 1. The molecule has 0 aliphatic heterocycles. The Hall–Kier alpha value is -1.39. The van der Waals surface area contributed by atoms with Crippen LogP contribution in [-0.4, -0.2) is 21.5 Å². The van der Waals surface area contributed by atoms with Crippen LogP contribution in [0.3, 0.4) is 0 Å². The van der Waals surface area contributed by atoms with Gasteiger partial charge in [-0.2, -0.15) is 0 Å². The van der Waals surface area contributed by atoms with Crippen LogP contribution >= 0.6 is 11.6 Å². The molecule has 0 fully saturated rings. The molecule has 114 valence electrons. The van der Waals surface area contributed by atoms with Crippen molar-refractivity contribution in [1.29, 1.82) is 0 Å². The van der Waals surface area contributed by atoms with Gasteiger partial charge >= 0.3 is 0 Å². The fraction of sp³-hybridized carbons (Fsp3) is 0.500. The maximum absolute atomic E-state index is 6.30. The Bertz CT molecular complexity index is 553. The molecule has 0 aliphatic carbocycles. The van der Waals surface area contributed by atoms with Gasteiger partial charge in [-0.1, -0.05) is 48.9 Å². The van der Waals surface area contributed by atoms with Crippen molar-refractivity contribution in [3.05, 3.63) is 46.7 Å². The molecule has 0 saturated carbocycles. The minimum atomic E-state index is 0.186. The van der Waals surface area contributed by atoms with Gasteiger partial charge in [0.2, 0.25) is 0 Å². The molecule has 1 aromatic heterocycles. The summed E-state index contributed by atoms with van der Waals surface area (Å²) in [6.07, 6.45) is 4.84. The minimum absolute atomic E-state index is 0.186. The molecule has 0 aliphatic rings. The summed E-state index contributed by atoms with van der Waals surface area (Å²) in [5, 5.41) is 12.7. The van der Waals surface area contributed by atoms with Gasteiger partial charge in [-0.05, 0) is 37.4 Å². The molecular weight excluding hydrogens is 284 g/mol. The summed E-state index contributed by atoms with van der Waals surface area (Å²) in [4.78, 5) is 0. The minimum Gasteiger partial charge on any atom is -0.308 e. The van der Waals surface area contributed by atoms with Gasteiger partial charge in [0.1, 0.15) is 0 Å². The number of rotatable bonds is 8. The first-order valence-corrected chi connectivity index (χ1v) is 7.99. The van der Waals surface area contributed by atoms with Crippen LogP contribution in [0.15, 0.2) is 30.5 Å². The Morgan fingerprint density at radius 1 is 1.24 bits per heavy atom. The number of nitrogens with zero attached hydrogens (tertiary/aromatic N) is 3. The summed E-state index contributed by atoms with van der Waals surface area (Å²) in [6.45, 7) is 6.17. The molecule has 1 atom stereocenters. The van der Waals surface area contributed by atoms with Gasteiger partial charge in [0.25, 0.3) is 0 Å². The van der Waals surface area contributed by atoms with Crippen LogP contribution < -0.4 is 5.32 Å². The zero-order valence-electron chi connectivity index (χ0n) is 12.7. The largest absolute Gasteiger partial charge is 0.308 e. The fourth-order valence-corrected chi connectivity index (χ4v) is 2.62. The second-order valence-electron chi connectivity index (χ2n) is 5.18. The zero-order valence-corrected chi connectivity index (χ0v) is 13.5. The van der Waals surface area contributed by atoms with E-state index in [4.69, 9.17) is 11.6 Å². The lowest BCUT2D eigenvalue weighted by Crippen LogP contribution is -2.26. The van der Waals surface area contributed by atoms with E-state index in [1.165, 1.54) is 0 Å². The number of benzene rings is 1. The Kier molecular flexibility index (Phi) is 6.21. The highest BCUT2D eigenvalue weighted by molar-refractivity contribution is 6.31. The zero-order chi connectivity index (χ0) is 15.1. The van der Waals surface area contributed by atoms with Crippen molar-refractivity contribution >= 4 is 11.6 Å². The van der Waals surface area contributed by atoms with Gasteiger partial charge in [0, 0.05) is 11.6 Å². The lowest BCUT2D eigenvalue weighted by molar-refractivity contribution is 0.465. The number of aromatic nitrogens is 3. The molecule has 1 heterocycles. The third-order valence-corrected chi connectivity index (χ3v) is 3.83. The quantitative estimate of drug-likeness (QED) is 0.810. The van der Waals surface area contributed by atoms with E-state index < -0.39 is 0 Å². The molecular formula is C16H23ClN4. The Labute approximate surface area is 131 Å². The van der Waals surface area contributed by atoms with Gasteiger partial charge in [-0.3, -0.25) is 0 Å². The third-order valence-electron chi connectivity index (χ3n) is 3.46. The van der Waals surface area contributed by atoms with Gasteiger partial charge < -0.3 is 5.32 Å². The van der Waals surface area contributed by atoms with E-state index in [-0.39, 0.29) is 6.04 Å². The molecule has 2 aromatic rings. The van der Waals surface area contributed by atoms with E-state index in [1.807, 2.05) is 29.1 Å². The van der Waals surface area contributed by atoms with E-state index >= 15 is 0 Å². The van der Waals surface area contributed by atoms with Gasteiger partial charge in [-0.25, -0.2) is 4.68 Å². The number of hydrogen-bond acceptors (Lipinski definition) is 3. The van der Waals surface area contributed by atoms with Crippen molar-refractivity contribution in [3.8, 4) is 0 Å². The Morgan fingerprint density at radius 2 is 2.05 bits per heavy atom. The predicted molar refractivity (Wildman–Crippen MR) is 86.5 cm³/mol. The highest BCUT2D eigenvalue weighted by Crippen LogP contribution is 2.23. The van der Waals surface area contributed by atoms with E-state index in [1.54, 1.807) is 0 Å². The SMILES string of the molecule is CCCNC(Cc1ccccc1Cl)c1cnnn1CCC. The first-order chi connectivity index (χ1) is 10.3. The van der Waals surface area contributed by atoms with Crippen LogP contribution in [0.25, 0.3) is 0 Å². The van der Waals surface area contributed by atoms with Gasteiger partial charge in [0.05, 0.1) is 17.9 Å². The van der Waals surface area contributed by atoms with Crippen molar-refractivity contribution in [2.24, 2.45) is 0 Å². The van der Waals surface area contributed by atoms with Crippen LogP contribution in [0.4, 0.5) is 0 Å². The van der Waals surface area contributed by atoms with Crippen LogP contribution in [0, 0.1) is 0 Å². The van der Waals surface area contributed by atoms with E-state index in [0.717, 1.165) is 48.6 Å². The number of halogens is 1. The molecule has 1 unspecified atom stereocenters. The van der Waals surface area contributed by atoms with E-state index in [2.05, 4.69) is 35.5 Å². The monoisotopic (exact) mass is 306 g/mol. The molecule has 4 nitrogen and oxygen atoms in total. The van der Waals surface area contributed by atoms with Crippen LogP contribution in [0.2, 0.25) is 5.02 Å². The van der Waals surface area contributed by atoms with Crippen molar-refractivity contribution in [3.63, 3.8) is 0 Å². The smallest absolute Gasteiger partial charge is 0.0759 e. The molecule has 0 saturated heterocycles. The van der Waals surface area contributed by atoms with Crippen molar-refractivity contribution in [2.45, 2.75) is 45.7 Å². The summed E-state index contributed by atoms with van der Waals surface area (Å²) < 4.78 is 1.99. The second kappa shape index (κ2) is 8.15. The molecule has 1 aromatic carbocycles. The molecule has 0 spiro atoms. The normalized spacial score (nSPS) is 12.5. The average molecular weight is 307 g/mol. The first-order valence-electron chi connectivity index (χ1n) is 7.61. The summed E-state index contributed by atoms with van der Waals surface area (Å²) in [7, 11) is 0. The molecule has 5 heteroatoms. The number of aryl methyl sites for hydroxylation is 1. The van der Waals surface area contributed by atoms with E-state index in [9.17, 15) is 0 Å². The lowest BCUT2D eigenvalue weighted by atomic mass is 10.0. The van der Waals surface area contributed by atoms with Crippen LogP contribution in [0.1, 0.15) is 44.0 Å². The predicted octanol–water partition coefficient (Wildman–Crippen LogP) is 3.62. The maximum atomic E-state index is 6.30. The fourth-order valence-electron chi connectivity index (χ4n) is 2.40. The standard InChI is InChI=1S/C16H23ClN4/c1-3-9-18-15(11-13-7-5-6-8-14(13)17)16-12-19-20-21(16)10-4-2/h5-8,12,15,18H,3-4,9-11H2,1-2H3. The third kappa shape index (κ3) is 4.29. The average Bonchev–Trinajstić information content (AvgIpc) is 2.94. The Balaban J connectivity index is 2.21. The first kappa shape index (κ1) is 16.0. The summed E-state index contributed by atoms with van der Waals surface area (Å²) >= 11 is 6.30. The van der Waals surface area contributed by atoms with Crippen molar-refractivity contribution in [1.82, 2.24) is 20.3 Å². The number of nitrogens with one attached hydrogen (secondary N) is 1. The summed E-state index contributed by atoms with van der Waals surface area (Å²) in [5.74, 6) is 0. The highest BCUT2D eigenvalue weighted by atomic mass is 35.5. The molecule has 1 N–H and O–H groups in total. The Morgan fingerprint density at radius 3 is 2.76 bits per heavy atom. The van der Waals surface area contributed by atoms with Crippen LogP contribution in [0.5, 0.6) is 0 Å².